The molecule has 0 saturated heterocycles. The van der Waals surface area contributed by atoms with Crippen molar-refractivity contribution in [2.75, 3.05) is 7.11 Å². The Labute approximate surface area is 124 Å². The molecule has 2 nitrogen and oxygen atoms in total. The fourth-order valence-electron chi connectivity index (χ4n) is 3.05. The van der Waals surface area contributed by atoms with E-state index in [1.54, 1.807) is 7.11 Å². The van der Waals surface area contributed by atoms with E-state index in [1.807, 2.05) is 18.2 Å². The normalized spacial score (nSPS) is 27.1. The Hall–Kier alpha value is -0.700. The standard InChI is InChI=1S/C16H23BrO2/c1-11-6-12(2)8-15(7-11)19-16-5-4-14(18-3)9-13(16)10-17/h4-5,9,11-12,15H,6-8,10H2,1-3H3. The zero-order valence-corrected chi connectivity index (χ0v) is 13.6. The van der Waals surface area contributed by atoms with Gasteiger partial charge in [0.25, 0.3) is 0 Å². The van der Waals surface area contributed by atoms with Crippen molar-refractivity contribution < 1.29 is 9.47 Å². The van der Waals surface area contributed by atoms with Crippen molar-refractivity contribution in [2.24, 2.45) is 11.8 Å². The molecule has 1 saturated carbocycles. The molecular formula is C16H23BrO2. The Morgan fingerprint density at radius 1 is 1.16 bits per heavy atom. The molecule has 1 aliphatic rings. The highest BCUT2D eigenvalue weighted by Gasteiger charge is 2.25. The number of benzene rings is 1. The molecule has 0 aromatic heterocycles. The highest BCUT2D eigenvalue weighted by atomic mass is 79.9. The SMILES string of the molecule is COc1ccc(OC2CC(C)CC(C)C2)c(CBr)c1. The molecule has 1 aromatic rings. The van der Waals surface area contributed by atoms with Crippen LogP contribution in [0, 0.1) is 11.8 Å². The highest BCUT2D eigenvalue weighted by Crippen LogP contribution is 2.33. The third kappa shape index (κ3) is 3.88. The maximum absolute atomic E-state index is 6.23. The van der Waals surface area contributed by atoms with E-state index in [2.05, 4.69) is 29.8 Å². The number of halogens is 1. The van der Waals surface area contributed by atoms with Crippen LogP contribution in [0.25, 0.3) is 0 Å². The Kier molecular flexibility index (Phi) is 5.14. The predicted molar refractivity (Wildman–Crippen MR) is 82.2 cm³/mol. The molecule has 0 aliphatic heterocycles. The molecule has 0 amide bonds. The van der Waals surface area contributed by atoms with Gasteiger partial charge in [0.2, 0.25) is 0 Å². The van der Waals surface area contributed by atoms with E-state index in [0.29, 0.717) is 6.10 Å². The molecule has 1 fully saturated rings. The van der Waals surface area contributed by atoms with E-state index in [9.17, 15) is 0 Å². The molecule has 0 N–H and O–H groups in total. The third-order valence-corrected chi connectivity index (χ3v) is 4.44. The predicted octanol–water partition coefficient (Wildman–Crippen LogP) is 4.79. The second kappa shape index (κ2) is 6.65. The number of rotatable bonds is 4. The van der Waals surface area contributed by atoms with Crippen LogP contribution in [0.5, 0.6) is 11.5 Å². The minimum Gasteiger partial charge on any atom is -0.497 e. The minimum atomic E-state index is 0.352. The molecule has 0 spiro atoms. The zero-order chi connectivity index (χ0) is 13.8. The van der Waals surface area contributed by atoms with Gasteiger partial charge in [-0.15, -0.1) is 0 Å². The topological polar surface area (TPSA) is 18.5 Å². The third-order valence-electron chi connectivity index (χ3n) is 3.84. The first-order chi connectivity index (χ1) is 9.12. The lowest BCUT2D eigenvalue weighted by Gasteiger charge is -2.32. The Morgan fingerprint density at radius 2 is 1.84 bits per heavy atom. The maximum atomic E-state index is 6.23. The minimum absolute atomic E-state index is 0.352. The van der Waals surface area contributed by atoms with Gasteiger partial charge in [0.05, 0.1) is 13.2 Å². The molecule has 1 aromatic carbocycles. The summed E-state index contributed by atoms with van der Waals surface area (Å²) >= 11 is 3.52. The van der Waals surface area contributed by atoms with E-state index >= 15 is 0 Å². The van der Waals surface area contributed by atoms with Crippen LogP contribution in [0.3, 0.4) is 0 Å². The van der Waals surface area contributed by atoms with Crippen molar-refractivity contribution in [3.8, 4) is 11.5 Å². The Bertz CT molecular complexity index is 409. The molecule has 1 aliphatic carbocycles. The molecule has 2 atom stereocenters. The van der Waals surface area contributed by atoms with Gasteiger partial charge >= 0.3 is 0 Å². The molecule has 3 heteroatoms. The zero-order valence-electron chi connectivity index (χ0n) is 12.0. The monoisotopic (exact) mass is 326 g/mol. The summed E-state index contributed by atoms with van der Waals surface area (Å²) in [5, 5.41) is 0.789. The lowest BCUT2D eigenvalue weighted by atomic mass is 9.82. The van der Waals surface area contributed by atoms with Crippen molar-refractivity contribution in [2.45, 2.75) is 44.5 Å². The highest BCUT2D eigenvalue weighted by molar-refractivity contribution is 9.08. The van der Waals surface area contributed by atoms with Crippen molar-refractivity contribution in [1.82, 2.24) is 0 Å². The van der Waals surface area contributed by atoms with Crippen LogP contribution in [0.1, 0.15) is 38.7 Å². The van der Waals surface area contributed by atoms with E-state index in [0.717, 1.165) is 47.1 Å². The van der Waals surface area contributed by atoms with Gasteiger partial charge in [-0.25, -0.2) is 0 Å². The first kappa shape index (κ1) is 14.7. The summed E-state index contributed by atoms with van der Waals surface area (Å²) in [7, 11) is 1.69. The second-order valence-electron chi connectivity index (χ2n) is 5.76. The summed E-state index contributed by atoms with van der Waals surface area (Å²) < 4.78 is 11.5. The van der Waals surface area contributed by atoms with E-state index in [4.69, 9.17) is 9.47 Å². The molecule has 2 rings (SSSR count). The van der Waals surface area contributed by atoms with Gasteiger partial charge in [0.15, 0.2) is 0 Å². The van der Waals surface area contributed by atoms with E-state index < -0.39 is 0 Å². The first-order valence-corrected chi connectivity index (χ1v) is 8.14. The summed E-state index contributed by atoms with van der Waals surface area (Å²) in [4.78, 5) is 0. The quantitative estimate of drug-likeness (QED) is 0.740. The smallest absolute Gasteiger partial charge is 0.124 e. The number of alkyl halides is 1. The van der Waals surface area contributed by atoms with Crippen LogP contribution in [0.4, 0.5) is 0 Å². The van der Waals surface area contributed by atoms with Crippen molar-refractivity contribution >= 4 is 15.9 Å². The molecule has 0 bridgehead atoms. The van der Waals surface area contributed by atoms with Crippen molar-refractivity contribution in [1.29, 1.82) is 0 Å². The summed E-state index contributed by atoms with van der Waals surface area (Å²) in [6.45, 7) is 4.65. The van der Waals surface area contributed by atoms with Crippen LogP contribution in [0.2, 0.25) is 0 Å². The molecule has 2 unspecified atom stereocenters. The lowest BCUT2D eigenvalue weighted by Crippen LogP contribution is -2.28. The maximum Gasteiger partial charge on any atom is 0.124 e. The average Bonchev–Trinajstić information content (AvgIpc) is 2.38. The lowest BCUT2D eigenvalue weighted by molar-refractivity contribution is 0.100. The van der Waals surface area contributed by atoms with Gasteiger partial charge in [0, 0.05) is 10.9 Å². The number of hydrogen-bond acceptors (Lipinski definition) is 2. The molecule has 0 radical (unpaired) electrons. The van der Waals surface area contributed by atoms with Gasteiger partial charge in [-0.3, -0.25) is 0 Å². The van der Waals surface area contributed by atoms with Crippen LogP contribution < -0.4 is 9.47 Å². The second-order valence-corrected chi connectivity index (χ2v) is 6.33. The largest absolute Gasteiger partial charge is 0.497 e. The summed E-state index contributed by atoms with van der Waals surface area (Å²) in [5.74, 6) is 3.40. The van der Waals surface area contributed by atoms with Crippen LogP contribution >= 0.6 is 15.9 Å². The van der Waals surface area contributed by atoms with Crippen molar-refractivity contribution in [3.05, 3.63) is 23.8 Å². The van der Waals surface area contributed by atoms with Gasteiger partial charge in [-0.05, 0) is 49.3 Å². The van der Waals surface area contributed by atoms with Crippen LogP contribution in [-0.4, -0.2) is 13.2 Å². The molecule has 19 heavy (non-hydrogen) atoms. The van der Waals surface area contributed by atoms with Crippen LogP contribution in [0.15, 0.2) is 18.2 Å². The first-order valence-electron chi connectivity index (χ1n) is 7.02. The summed E-state index contributed by atoms with van der Waals surface area (Å²) in [5.41, 5.74) is 1.16. The van der Waals surface area contributed by atoms with E-state index in [-0.39, 0.29) is 0 Å². The van der Waals surface area contributed by atoms with Gasteiger partial charge in [0.1, 0.15) is 11.5 Å². The number of hydrogen-bond donors (Lipinski definition) is 0. The Balaban J connectivity index is 2.09. The number of ether oxygens (including phenoxy) is 2. The molecular weight excluding hydrogens is 304 g/mol. The van der Waals surface area contributed by atoms with Gasteiger partial charge < -0.3 is 9.47 Å². The fourth-order valence-corrected chi connectivity index (χ4v) is 3.49. The molecule has 0 heterocycles. The summed E-state index contributed by atoms with van der Waals surface area (Å²) in [6, 6.07) is 6.04. The van der Waals surface area contributed by atoms with E-state index in [1.165, 1.54) is 6.42 Å². The molecule has 106 valence electrons. The van der Waals surface area contributed by atoms with Gasteiger partial charge in [-0.1, -0.05) is 29.8 Å². The fraction of sp³-hybridized carbons (Fsp3) is 0.625. The Morgan fingerprint density at radius 3 is 2.42 bits per heavy atom. The van der Waals surface area contributed by atoms with Crippen molar-refractivity contribution in [3.63, 3.8) is 0 Å². The number of methoxy groups -OCH3 is 1. The summed E-state index contributed by atoms with van der Waals surface area (Å²) in [6.07, 6.45) is 4.01. The van der Waals surface area contributed by atoms with Gasteiger partial charge in [-0.2, -0.15) is 0 Å². The average molecular weight is 327 g/mol. The van der Waals surface area contributed by atoms with Crippen LogP contribution in [-0.2, 0) is 5.33 Å².